The van der Waals surface area contributed by atoms with Crippen LogP contribution < -0.4 is 5.32 Å². The lowest BCUT2D eigenvalue weighted by Crippen LogP contribution is -2.31. The van der Waals surface area contributed by atoms with E-state index in [9.17, 15) is 0 Å². The fourth-order valence-corrected chi connectivity index (χ4v) is 2.34. The molecule has 1 N–H and O–H groups in total. The van der Waals surface area contributed by atoms with Crippen LogP contribution in [0.5, 0.6) is 0 Å². The average Bonchev–Trinajstić information content (AvgIpc) is 2.28. The molecule has 0 fully saturated rings. The summed E-state index contributed by atoms with van der Waals surface area (Å²) in [5, 5.41) is 3.48. The third kappa shape index (κ3) is 5.98. The highest BCUT2D eigenvalue weighted by Gasteiger charge is 2.03. The molecule has 0 unspecified atom stereocenters. The molecule has 0 amide bonds. The molecule has 0 saturated heterocycles. The Morgan fingerprint density at radius 2 is 2.06 bits per heavy atom. The lowest BCUT2D eigenvalue weighted by Gasteiger charge is -2.19. The number of nitrogens with zero attached hydrogens (tertiary/aromatic N) is 1. The molecule has 18 heavy (non-hydrogen) atoms. The summed E-state index contributed by atoms with van der Waals surface area (Å²) in [6.45, 7) is 10.9. The van der Waals surface area contributed by atoms with Gasteiger partial charge in [0.2, 0.25) is 0 Å². The largest absolute Gasteiger partial charge is 0.315 e. The number of aryl methyl sites for hydroxylation is 1. The van der Waals surface area contributed by atoms with Gasteiger partial charge in [-0.1, -0.05) is 35.8 Å². The van der Waals surface area contributed by atoms with Crippen LogP contribution in [0, 0.1) is 12.8 Å². The minimum absolute atomic E-state index is 0.726. The summed E-state index contributed by atoms with van der Waals surface area (Å²) < 4.78 is 1.16. The molecule has 0 aliphatic heterocycles. The van der Waals surface area contributed by atoms with E-state index in [2.05, 4.69) is 72.2 Å². The second kappa shape index (κ2) is 7.93. The van der Waals surface area contributed by atoms with Crippen molar-refractivity contribution in [2.75, 3.05) is 26.7 Å². The molecule has 0 aliphatic rings. The molecule has 3 heteroatoms. The first-order chi connectivity index (χ1) is 8.49. The molecule has 2 nitrogen and oxygen atoms in total. The lowest BCUT2D eigenvalue weighted by molar-refractivity contribution is 0.321. The van der Waals surface area contributed by atoms with Crippen LogP contribution in [-0.4, -0.2) is 31.6 Å². The van der Waals surface area contributed by atoms with Crippen LogP contribution in [0.4, 0.5) is 0 Å². The predicted molar refractivity (Wildman–Crippen MR) is 82.9 cm³/mol. The first kappa shape index (κ1) is 15.7. The molecule has 0 atom stereocenters. The van der Waals surface area contributed by atoms with E-state index in [4.69, 9.17) is 0 Å². The number of rotatable bonds is 7. The Hall–Kier alpha value is -0.380. The quantitative estimate of drug-likeness (QED) is 0.776. The molecule has 1 rings (SSSR count). The molecule has 0 heterocycles. The van der Waals surface area contributed by atoms with Crippen molar-refractivity contribution in [3.8, 4) is 0 Å². The van der Waals surface area contributed by atoms with Crippen LogP contribution in [0.2, 0.25) is 0 Å². The summed E-state index contributed by atoms with van der Waals surface area (Å²) in [6.07, 6.45) is 0. The molecule has 1 aromatic rings. The smallest absolute Gasteiger partial charge is 0.0233 e. The van der Waals surface area contributed by atoms with Crippen molar-refractivity contribution in [3.05, 3.63) is 33.8 Å². The van der Waals surface area contributed by atoms with Crippen molar-refractivity contribution < 1.29 is 0 Å². The van der Waals surface area contributed by atoms with Gasteiger partial charge in [-0.3, -0.25) is 0 Å². The van der Waals surface area contributed by atoms with Crippen molar-refractivity contribution >= 4 is 15.9 Å². The number of benzene rings is 1. The molecule has 0 spiro atoms. The Balaban J connectivity index is 2.33. The molecule has 0 saturated carbocycles. The zero-order valence-corrected chi connectivity index (χ0v) is 13.5. The number of likely N-dealkylation sites (N-methyl/N-ethyl adjacent to an activating group) is 1. The van der Waals surface area contributed by atoms with Gasteiger partial charge in [-0.2, -0.15) is 0 Å². The van der Waals surface area contributed by atoms with Gasteiger partial charge in [-0.25, -0.2) is 0 Å². The number of hydrogen-bond donors (Lipinski definition) is 1. The van der Waals surface area contributed by atoms with Crippen molar-refractivity contribution in [2.24, 2.45) is 5.92 Å². The van der Waals surface area contributed by atoms with Gasteiger partial charge in [0, 0.05) is 24.1 Å². The summed E-state index contributed by atoms with van der Waals surface area (Å²) in [5.74, 6) is 0.726. The van der Waals surface area contributed by atoms with E-state index in [-0.39, 0.29) is 0 Å². The lowest BCUT2D eigenvalue weighted by atomic mass is 10.1. The fraction of sp³-hybridized carbons (Fsp3) is 0.600. The van der Waals surface area contributed by atoms with E-state index < -0.39 is 0 Å². The maximum Gasteiger partial charge on any atom is 0.0233 e. The highest BCUT2D eigenvalue weighted by atomic mass is 79.9. The minimum Gasteiger partial charge on any atom is -0.315 e. The number of halogens is 1. The van der Waals surface area contributed by atoms with Crippen LogP contribution in [0.3, 0.4) is 0 Å². The van der Waals surface area contributed by atoms with Crippen molar-refractivity contribution in [1.29, 1.82) is 0 Å². The van der Waals surface area contributed by atoms with Gasteiger partial charge in [0.15, 0.2) is 0 Å². The number of nitrogens with one attached hydrogen (secondary N) is 1. The Morgan fingerprint density at radius 3 is 2.67 bits per heavy atom. The predicted octanol–water partition coefficient (Wildman–Crippen LogP) is 3.43. The van der Waals surface area contributed by atoms with Crippen LogP contribution in [0.1, 0.15) is 25.0 Å². The van der Waals surface area contributed by atoms with Crippen LogP contribution in [0.25, 0.3) is 0 Å². The number of hydrogen-bond acceptors (Lipinski definition) is 2. The second-order valence-corrected chi connectivity index (χ2v) is 6.32. The minimum atomic E-state index is 0.726. The van der Waals surface area contributed by atoms with E-state index in [1.807, 2.05) is 0 Å². The maximum atomic E-state index is 3.50. The SMILES string of the molecule is Cc1cc(Br)ccc1CN(C)CCNCC(C)C. The molecule has 0 radical (unpaired) electrons. The van der Waals surface area contributed by atoms with Gasteiger partial charge in [0.1, 0.15) is 0 Å². The topological polar surface area (TPSA) is 15.3 Å². The molecule has 1 aromatic carbocycles. The van der Waals surface area contributed by atoms with Crippen molar-refractivity contribution in [3.63, 3.8) is 0 Å². The molecule has 0 bridgehead atoms. The van der Waals surface area contributed by atoms with Crippen LogP contribution in [-0.2, 0) is 6.54 Å². The van der Waals surface area contributed by atoms with Gasteiger partial charge >= 0.3 is 0 Å². The first-order valence-electron chi connectivity index (χ1n) is 6.63. The highest BCUT2D eigenvalue weighted by molar-refractivity contribution is 9.10. The molecule has 0 aliphatic carbocycles. The van der Waals surface area contributed by atoms with Gasteiger partial charge in [-0.05, 0) is 49.7 Å². The van der Waals surface area contributed by atoms with Crippen LogP contribution >= 0.6 is 15.9 Å². The van der Waals surface area contributed by atoms with Gasteiger partial charge in [0.25, 0.3) is 0 Å². The first-order valence-corrected chi connectivity index (χ1v) is 7.42. The van der Waals surface area contributed by atoms with Crippen LogP contribution in [0.15, 0.2) is 22.7 Å². The van der Waals surface area contributed by atoms with E-state index in [0.717, 1.165) is 36.6 Å². The van der Waals surface area contributed by atoms with Crippen molar-refractivity contribution in [2.45, 2.75) is 27.3 Å². The van der Waals surface area contributed by atoms with E-state index >= 15 is 0 Å². The summed E-state index contributed by atoms with van der Waals surface area (Å²) in [6, 6.07) is 6.50. The molecule has 102 valence electrons. The van der Waals surface area contributed by atoms with E-state index in [1.54, 1.807) is 0 Å². The zero-order chi connectivity index (χ0) is 13.5. The normalized spacial score (nSPS) is 11.5. The zero-order valence-electron chi connectivity index (χ0n) is 12.0. The monoisotopic (exact) mass is 312 g/mol. The Kier molecular flexibility index (Phi) is 6.90. The summed E-state index contributed by atoms with van der Waals surface area (Å²) >= 11 is 3.50. The Morgan fingerprint density at radius 1 is 1.33 bits per heavy atom. The van der Waals surface area contributed by atoms with Gasteiger partial charge in [-0.15, -0.1) is 0 Å². The fourth-order valence-electron chi connectivity index (χ4n) is 1.87. The average molecular weight is 313 g/mol. The third-order valence-electron chi connectivity index (χ3n) is 2.97. The highest BCUT2D eigenvalue weighted by Crippen LogP contribution is 2.16. The molecular formula is C15H25BrN2. The molecular weight excluding hydrogens is 288 g/mol. The van der Waals surface area contributed by atoms with Crippen molar-refractivity contribution in [1.82, 2.24) is 10.2 Å². The van der Waals surface area contributed by atoms with Gasteiger partial charge in [0.05, 0.1) is 0 Å². The summed E-state index contributed by atoms with van der Waals surface area (Å²) in [5.41, 5.74) is 2.76. The van der Waals surface area contributed by atoms with Gasteiger partial charge < -0.3 is 10.2 Å². The third-order valence-corrected chi connectivity index (χ3v) is 3.46. The summed E-state index contributed by atoms with van der Waals surface area (Å²) in [4.78, 5) is 2.36. The Labute approximate surface area is 120 Å². The Bertz CT molecular complexity index is 364. The van der Waals surface area contributed by atoms with E-state index in [0.29, 0.717) is 0 Å². The maximum absolute atomic E-state index is 3.50. The standard InChI is InChI=1S/C15H25BrN2/c1-12(2)10-17-7-8-18(4)11-14-5-6-15(16)9-13(14)3/h5-6,9,12,17H,7-8,10-11H2,1-4H3. The van der Waals surface area contributed by atoms with E-state index in [1.165, 1.54) is 11.1 Å². The summed E-state index contributed by atoms with van der Waals surface area (Å²) in [7, 11) is 2.18. The second-order valence-electron chi connectivity index (χ2n) is 5.41. The molecule has 0 aromatic heterocycles.